The molecule has 2 N–H and O–H groups in total. The fourth-order valence-electron chi connectivity index (χ4n) is 2.93. The summed E-state index contributed by atoms with van der Waals surface area (Å²) in [4.78, 5) is 25.2. The molecule has 6 heteroatoms. The number of ether oxygens (including phenoxy) is 1. The normalized spacial score (nSPS) is 37.8. The Hall–Kier alpha value is -1.30. The van der Waals surface area contributed by atoms with Gasteiger partial charge < -0.3 is 20.1 Å². The minimum atomic E-state index is -0.924. The van der Waals surface area contributed by atoms with E-state index in [2.05, 4.69) is 5.32 Å². The molecule has 0 radical (unpaired) electrons. The van der Waals surface area contributed by atoms with Crippen LogP contribution in [0.1, 0.15) is 40.0 Å². The summed E-state index contributed by atoms with van der Waals surface area (Å²) >= 11 is 0. The van der Waals surface area contributed by atoms with Gasteiger partial charge in [0.1, 0.15) is 6.04 Å². The summed E-state index contributed by atoms with van der Waals surface area (Å²) < 4.78 is 5.50. The summed E-state index contributed by atoms with van der Waals surface area (Å²) in [6, 6.07) is -1.01. The first kappa shape index (κ1) is 15.1. The summed E-state index contributed by atoms with van der Waals surface area (Å²) in [7, 11) is 0. The van der Waals surface area contributed by atoms with E-state index in [9.17, 15) is 14.7 Å². The number of urea groups is 1. The Morgan fingerprint density at radius 3 is 2.65 bits per heavy atom. The number of amides is 2. The lowest BCUT2D eigenvalue weighted by Crippen LogP contribution is -2.59. The van der Waals surface area contributed by atoms with Crippen LogP contribution in [0.5, 0.6) is 0 Å². The van der Waals surface area contributed by atoms with Gasteiger partial charge in [0.2, 0.25) is 0 Å². The molecule has 2 amide bonds. The lowest BCUT2D eigenvalue weighted by Gasteiger charge is -2.39. The van der Waals surface area contributed by atoms with Crippen molar-refractivity contribution in [3.05, 3.63) is 0 Å². The van der Waals surface area contributed by atoms with Crippen molar-refractivity contribution in [3.63, 3.8) is 0 Å². The molecule has 2 fully saturated rings. The standard InChI is InChI=1S/C14H24N2O4/c1-9-4-6-16(11(8-9)12(17)18)13(19)15-14(3)5-7-20-10(14)2/h9-11H,4-8H2,1-3H3,(H,15,19)(H,17,18). The minimum Gasteiger partial charge on any atom is -0.480 e. The van der Waals surface area contributed by atoms with E-state index in [0.29, 0.717) is 25.5 Å². The molecule has 0 saturated carbocycles. The molecule has 0 bridgehead atoms. The van der Waals surface area contributed by atoms with E-state index in [1.807, 2.05) is 20.8 Å². The van der Waals surface area contributed by atoms with E-state index in [-0.39, 0.29) is 12.1 Å². The molecule has 0 aromatic rings. The fraction of sp³-hybridized carbons (Fsp3) is 0.857. The number of hydrogen-bond donors (Lipinski definition) is 2. The molecule has 2 heterocycles. The largest absolute Gasteiger partial charge is 0.480 e. The molecule has 4 unspecified atom stereocenters. The van der Waals surface area contributed by atoms with Crippen LogP contribution < -0.4 is 5.32 Å². The van der Waals surface area contributed by atoms with Crippen LogP contribution in [0.15, 0.2) is 0 Å². The zero-order valence-electron chi connectivity index (χ0n) is 12.4. The number of hydrogen-bond acceptors (Lipinski definition) is 3. The summed E-state index contributed by atoms with van der Waals surface area (Å²) in [5.41, 5.74) is -0.413. The number of likely N-dealkylation sites (tertiary alicyclic amines) is 1. The molecule has 2 rings (SSSR count). The first-order valence-electron chi connectivity index (χ1n) is 7.26. The van der Waals surface area contributed by atoms with Crippen molar-refractivity contribution in [1.82, 2.24) is 10.2 Å². The maximum atomic E-state index is 12.4. The van der Waals surface area contributed by atoms with Gasteiger partial charge in [0, 0.05) is 13.2 Å². The smallest absolute Gasteiger partial charge is 0.326 e. The lowest BCUT2D eigenvalue weighted by molar-refractivity contribution is -0.143. The van der Waals surface area contributed by atoms with Crippen LogP contribution in [0.4, 0.5) is 4.79 Å². The average Bonchev–Trinajstić information content (AvgIpc) is 2.68. The Balaban J connectivity index is 2.05. The summed E-state index contributed by atoms with van der Waals surface area (Å²) in [6.07, 6.45) is 2.06. The predicted molar refractivity (Wildman–Crippen MR) is 73.5 cm³/mol. The predicted octanol–water partition coefficient (Wildman–Crippen LogP) is 1.45. The molecule has 114 valence electrons. The monoisotopic (exact) mass is 284 g/mol. The number of carbonyl (C=O) groups excluding carboxylic acids is 1. The number of carboxylic acids is 1. The molecule has 2 aliphatic rings. The quantitative estimate of drug-likeness (QED) is 0.804. The number of nitrogens with zero attached hydrogens (tertiary/aromatic N) is 1. The van der Waals surface area contributed by atoms with Crippen molar-refractivity contribution in [2.24, 2.45) is 5.92 Å². The Labute approximate surface area is 119 Å². The van der Waals surface area contributed by atoms with Crippen LogP contribution in [0.25, 0.3) is 0 Å². The molecule has 0 aromatic carbocycles. The number of aliphatic carboxylic acids is 1. The summed E-state index contributed by atoms with van der Waals surface area (Å²) in [5, 5.41) is 12.3. The first-order chi connectivity index (χ1) is 9.33. The van der Waals surface area contributed by atoms with Gasteiger partial charge in [0.25, 0.3) is 0 Å². The van der Waals surface area contributed by atoms with Gasteiger partial charge in [-0.1, -0.05) is 6.92 Å². The third kappa shape index (κ3) is 2.90. The molecular weight excluding hydrogens is 260 g/mol. The van der Waals surface area contributed by atoms with Crippen LogP contribution in [0, 0.1) is 5.92 Å². The Kier molecular flexibility index (Phi) is 4.22. The Morgan fingerprint density at radius 1 is 1.40 bits per heavy atom. The number of carbonyl (C=O) groups is 2. The molecule has 0 aromatic heterocycles. The van der Waals surface area contributed by atoms with Crippen molar-refractivity contribution in [2.45, 2.75) is 57.7 Å². The highest BCUT2D eigenvalue weighted by Crippen LogP contribution is 2.27. The van der Waals surface area contributed by atoms with E-state index in [1.165, 1.54) is 4.90 Å². The van der Waals surface area contributed by atoms with Gasteiger partial charge in [0.05, 0.1) is 11.6 Å². The molecule has 2 saturated heterocycles. The van der Waals surface area contributed by atoms with E-state index in [1.54, 1.807) is 0 Å². The van der Waals surface area contributed by atoms with Crippen LogP contribution in [-0.2, 0) is 9.53 Å². The van der Waals surface area contributed by atoms with Crippen LogP contribution >= 0.6 is 0 Å². The van der Waals surface area contributed by atoms with E-state index in [4.69, 9.17) is 4.74 Å². The van der Waals surface area contributed by atoms with Gasteiger partial charge in [-0.25, -0.2) is 9.59 Å². The van der Waals surface area contributed by atoms with Crippen LogP contribution in [0.2, 0.25) is 0 Å². The van der Waals surface area contributed by atoms with Gasteiger partial charge in [-0.15, -0.1) is 0 Å². The number of piperidine rings is 1. The second kappa shape index (κ2) is 5.60. The second-order valence-corrected chi connectivity index (χ2v) is 6.29. The third-order valence-electron chi connectivity index (χ3n) is 4.69. The zero-order chi connectivity index (χ0) is 14.9. The minimum absolute atomic E-state index is 0.0570. The molecule has 6 nitrogen and oxygen atoms in total. The lowest BCUT2D eigenvalue weighted by atomic mass is 9.92. The topological polar surface area (TPSA) is 78.9 Å². The zero-order valence-corrected chi connectivity index (χ0v) is 12.4. The number of carboxylic acid groups (broad SMARTS) is 1. The van der Waals surface area contributed by atoms with Gasteiger partial charge in [-0.05, 0) is 39.0 Å². The van der Waals surface area contributed by atoms with Crippen molar-refractivity contribution >= 4 is 12.0 Å². The summed E-state index contributed by atoms with van der Waals surface area (Å²) in [6.45, 7) is 7.02. The van der Waals surface area contributed by atoms with Crippen molar-refractivity contribution in [1.29, 1.82) is 0 Å². The maximum absolute atomic E-state index is 12.4. The Bertz CT molecular complexity index is 401. The highest BCUT2D eigenvalue weighted by Gasteiger charge is 2.42. The second-order valence-electron chi connectivity index (χ2n) is 6.29. The third-order valence-corrected chi connectivity index (χ3v) is 4.69. The van der Waals surface area contributed by atoms with Gasteiger partial charge in [0.15, 0.2) is 0 Å². The first-order valence-corrected chi connectivity index (χ1v) is 7.26. The van der Waals surface area contributed by atoms with Crippen LogP contribution in [0.3, 0.4) is 0 Å². The highest BCUT2D eigenvalue weighted by atomic mass is 16.5. The van der Waals surface area contributed by atoms with Crippen molar-refractivity contribution in [3.8, 4) is 0 Å². The molecule has 0 aliphatic carbocycles. The number of rotatable bonds is 2. The van der Waals surface area contributed by atoms with Crippen molar-refractivity contribution < 1.29 is 19.4 Å². The summed E-state index contributed by atoms with van der Waals surface area (Å²) in [5.74, 6) is -0.586. The fourth-order valence-corrected chi connectivity index (χ4v) is 2.93. The van der Waals surface area contributed by atoms with Gasteiger partial charge in [-0.2, -0.15) is 0 Å². The van der Waals surface area contributed by atoms with Gasteiger partial charge in [-0.3, -0.25) is 0 Å². The average molecular weight is 284 g/mol. The molecular formula is C14H24N2O4. The van der Waals surface area contributed by atoms with Crippen molar-refractivity contribution in [2.75, 3.05) is 13.2 Å². The van der Waals surface area contributed by atoms with Gasteiger partial charge >= 0.3 is 12.0 Å². The highest BCUT2D eigenvalue weighted by molar-refractivity contribution is 5.83. The van der Waals surface area contributed by atoms with E-state index >= 15 is 0 Å². The maximum Gasteiger partial charge on any atom is 0.326 e. The number of nitrogens with one attached hydrogen (secondary N) is 1. The molecule has 20 heavy (non-hydrogen) atoms. The molecule has 2 aliphatic heterocycles. The SMILES string of the molecule is CC1CCN(C(=O)NC2(C)CCOC2C)C(C(=O)O)C1. The van der Waals surface area contributed by atoms with E-state index in [0.717, 1.165) is 12.8 Å². The molecule has 4 atom stereocenters. The van der Waals surface area contributed by atoms with Crippen LogP contribution in [-0.4, -0.2) is 52.8 Å². The van der Waals surface area contributed by atoms with E-state index < -0.39 is 17.6 Å². The molecule has 0 spiro atoms. The Morgan fingerprint density at radius 2 is 2.10 bits per heavy atom.